The molecule has 2 aliphatic rings. The Hall–Kier alpha value is -3.35. The van der Waals surface area contributed by atoms with Gasteiger partial charge in [0.1, 0.15) is 12.6 Å². The molecule has 1 aliphatic carbocycles. The zero-order chi connectivity index (χ0) is 23.0. The number of fused-ring (bicyclic) bond motifs is 3. The van der Waals surface area contributed by atoms with Gasteiger partial charge in [0.15, 0.2) is 0 Å². The summed E-state index contributed by atoms with van der Waals surface area (Å²) < 4.78 is 5.51. The molecular formula is C25H28N2O5. The van der Waals surface area contributed by atoms with Gasteiger partial charge in [-0.3, -0.25) is 9.59 Å². The number of alkyl carbamates (subject to hydrolysis) is 1. The van der Waals surface area contributed by atoms with Crippen molar-refractivity contribution in [1.29, 1.82) is 0 Å². The van der Waals surface area contributed by atoms with Gasteiger partial charge in [-0.1, -0.05) is 55.5 Å². The summed E-state index contributed by atoms with van der Waals surface area (Å²) in [7, 11) is 0. The van der Waals surface area contributed by atoms with Gasteiger partial charge in [-0.25, -0.2) is 4.79 Å². The highest BCUT2D eigenvalue weighted by molar-refractivity contribution is 5.87. The van der Waals surface area contributed by atoms with Gasteiger partial charge in [0, 0.05) is 19.0 Å². The van der Waals surface area contributed by atoms with Crippen molar-refractivity contribution in [2.75, 3.05) is 19.7 Å². The molecule has 3 atom stereocenters. The van der Waals surface area contributed by atoms with Crippen LogP contribution in [0.1, 0.15) is 37.8 Å². The van der Waals surface area contributed by atoms with E-state index < -0.39 is 23.5 Å². The number of likely N-dealkylation sites (tertiary alicyclic amines) is 1. The second-order valence-electron chi connectivity index (χ2n) is 9.03. The Labute approximate surface area is 187 Å². The van der Waals surface area contributed by atoms with E-state index in [1.54, 1.807) is 13.8 Å². The zero-order valence-electron chi connectivity index (χ0n) is 18.5. The topological polar surface area (TPSA) is 95.9 Å². The fourth-order valence-electron chi connectivity index (χ4n) is 4.75. The summed E-state index contributed by atoms with van der Waals surface area (Å²) in [6.45, 7) is 5.70. The number of benzene rings is 2. The minimum Gasteiger partial charge on any atom is -0.481 e. The van der Waals surface area contributed by atoms with Crippen LogP contribution < -0.4 is 5.32 Å². The van der Waals surface area contributed by atoms with Crippen molar-refractivity contribution in [2.45, 2.75) is 32.7 Å². The van der Waals surface area contributed by atoms with Crippen LogP contribution in [0, 0.1) is 11.3 Å². The van der Waals surface area contributed by atoms with Gasteiger partial charge >= 0.3 is 12.1 Å². The predicted octanol–water partition coefficient (Wildman–Crippen LogP) is 3.48. The average molecular weight is 437 g/mol. The highest BCUT2D eigenvalue weighted by Crippen LogP contribution is 2.44. The molecule has 168 valence electrons. The van der Waals surface area contributed by atoms with Crippen LogP contribution in [0.4, 0.5) is 4.79 Å². The van der Waals surface area contributed by atoms with Gasteiger partial charge in [0.25, 0.3) is 0 Å². The first kappa shape index (κ1) is 21.9. The molecule has 1 fully saturated rings. The van der Waals surface area contributed by atoms with Crippen LogP contribution in [0.15, 0.2) is 48.5 Å². The fourth-order valence-corrected chi connectivity index (χ4v) is 4.75. The van der Waals surface area contributed by atoms with Crippen LogP contribution in [0.3, 0.4) is 0 Å². The van der Waals surface area contributed by atoms with Crippen LogP contribution >= 0.6 is 0 Å². The summed E-state index contributed by atoms with van der Waals surface area (Å²) in [4.78, 5) is 38.4. The standard InChI is InChI=1S/C25H28N2O5/c1-15-12-27(14-25(15,3)23(29)30)22(28)16(2)26-24(31)32-13-21-19-10-6-4-8-17(19)18-9-5-7-11-20(18)21/h4-11,15-16,21H,12-14H2,1-3H3,(H,26,31)(H,29,30)/t15?,16-,25?/m0/s1. The smallest absolute Gasteiger partial charge is 0.407 e. The second kappa shape index (κ2) is 8.30. The monoisotopic (exact) mass is 436 g/mol. The summed E-state index contributed by atoms with van der Waals surface area (Å²) in [6.07, 6.45) is -0.666. The first-order valence-electron chi connectivity index (χ1n) is 10.9. The Morgan fingerprint density at radius 3 is 2.22 bits per heavy atom. The lowest BCUT2D eigenvalue weighted by Crippen LogP contribution is -2.47. The van der Waals surface area contributed by atoms with Crippen molar-refractivity contribution in [1.82, 2.24) is 10.2 Å². The Balaban J connectivity index is 1.37. The molecule has 7 heteroatoms. The Morgan fingerprint density at radius 1 is 1.12 bits per heavy atom. The van der Waals surface area contributed by atoms with E-state index in [-0.39, 0.29) is 30.9 Å². The number of nitrogens with zero attached hydrogens (tertiary/aromatic N) is 1. The molecule has 0 spiro atoms. The largest absolute Gasteiger partial charge is 0.481 e. The average Bonchev–Trinajstić information content (AvgIpc) is 3.27. The molecule has 1 saturated heterocycles. The Kier molecular flexibility index (Phi) is 5.67. The third-order valence-corrected chi connectivity index (χ3v) is 6.95. The number of hydrogen-bond donors (Lipinski definition) is 2. The number of carboxylic acid groups (broad SMARTS) is 1. The van der Waals surface area contributed by atoms with Gasteiger partial charge < -0.3 is 20.1 Å². The molecule has 7 nitrogen and oxygen atoms in total. The summed E-state index contributed by atoms with van der Waals surface area (Å²) in [5.41, 5.74) is 3.53. The van der Waals surface area contributed by atoms with E-state index in [4.69, 9.17) is 4.74 Å². The molecular weight excluding hydrogens is 408 g/mol. The van der Waals surface area contributed by atoms with E-state index in [0.717, 1.165) is 22.3 Å². The number of carbonyl (C=O) groups is 3. The van der Waals surface area contributed by atoms with E-state index in [1.165, 1.54) is 4.90 Å². The molecule has 1 heterocycles. The molecule has 2 aromatic carbocycles. The quantitative estimate of drug-likeness (QED) is 0.748. The van der Waals surface area contributed by atoms with E-state index in [1.807, 2.05) is 43.3 Å². The molecule has 0 radical (unpaired) electrons. The normalized spacial score (nSPS) is 22.7. The van der Waals surface area contributed by atoms with Gasteiger partial charge in [0.05, 0.1) is 5.41 Å². The third kappa shape index (κ3) is 3.72. The molecule has 32 heavy (non-hydrogen) atoms. The zero-order valence-corrected chi connectivity index (χ0v) is 18.5. The van der Waals surface area contributed by atoms with Crippen molar-refractivity contribution in [3.63, 3.8) is 0 Å². The maximum absolute atomic E-state index is 12.8. The number of nitrogens with one attached hydrogen (secondary N) is 1. The minimum absolute atomic E-state index is 0.0603. The lowest BCUT2D eigenvalue weighted by molar-refractivity contribution is -0.149. The van der Waals surface area contributed by atoms with Crippen LogP contribution in [-0.2, 0) is 14.3 Å². The number of aliphatic carboxylic acids is 1. The van der Waals surface area contributed by atoms with E-state index in [2.05, 4.69) is 17.4 Å². The molecule has 1 aliphatic heterocycles. The fraction of sp³-hybridized carbons (Fsp3) is 0.400. The van der Waals surface area contributed by atoms with Crippen molar-refractivity contribution >= 4 is 18.0 Å². The number of ether oxygens (including phenoxy) is 1. The SMILES string of the molecule is CC1CN(C(=O)[C@H](C)NC(=O)OCC2c3ccccc3-c3ccccc32)CC1(C)C(=O)O. The Morgan fingerprint density at radius 2 is 1.69 bits per heavy atom. The van der Waals surface area contributed by atoms with Crippen molar-refractivity contribution in [3.05, 3.63) is 59.7 Å². The van der Waals surface area contributed by atoms with Crippen LogP contribution in [0.5, 0.6) is 0 Å². The number of amides is 2. The van der Waals surface area contributed by atoms with E-state index in [9.17, 15) is 19.5 Å². The summed E-state index contributed by atoms with van der Waals surface area (Å²) >= 11 is 0. The number of carboxylic acids is 1. The minimum atomic E-state index is -0.987. The van der Waals surface area contributed by atoms with Gasteiger partial charge in [-0.05, 0) is 42.0 Å². The molecule has 0 saturated carbocycles. The molecule has 0 bridgehead atoms. The van der Waals surface area contributed by atoms with Crippen molar-refractivity contribution in [2.24, 2.45) is 11.3 Å². The van der Waals surface area contributed by atoms with Crippen LogP contribution in [0.2, 0.25) is 0 Å². The van der Waals surface area contributed by atoms with Crippen LogP contribution in [-0.4, -0.2) is 53.7 Å². The van der Waals surface area contributed by atoms with Crippen LogP contribution in [0.25, 0.3) is 11.1 Å². The lowest BCUT2D eigenvalue weighted by Gasteiger charge is -2.24. The van der Waals surface area contributed by atoms with E-state index in [0.29, 0.717) is 6.54 Å². The lowest BCUT2D eigenvalue weighted by atomic mass is 9.81. The molecule has 0 aromatic heterocycles. The van der Waals surface area contributed by atoms with Crippen molar-refractivity contribution in [3.8, 4) is 11.1 Å². The highest BCUT2D eigenvalue weighted by Gasteiger charge is 2.48. The molecule has 2 N–H and O–H groups in total. The van der Waals surface area contributed by atoms with Crippen molar-refractivity contribution < 1.29 is 24.2 Å². The summed E-state index contributed by atoms with van der Waals surface area (Å²) in [6, 6.07) is 15.3. The number of hydrogen-bond acceptors (Lipinski definition) is 4. The maximum atomic E-state index is 12.8. The molecule has 4 rings (SSSR count). The first-order chi connectivity index (χ1) is 15.2. The molecule has 2 unspecified atom stereocenters. The molecule has 2 aromatic rings. The maximum Gasteiger partial charge on any atom is 0.407 e. The van der Waals surface area contributed by atoms with E-state index >= 15 is 0 Å². The third-order valence-electron chi connectivity index (χ3n) is 6.95. The number of carbonyl (C=O) groups excluding carboxylic acids is 2. The highest BCUT2D eigenvalue weighted by atomic mass is 16.5. The number of rotatable bonds is 5. The first-order valence-corrected chi connectivity index (χ1v) is 10.9. The summed E-state index contributed by atoms with van der Waals surface area (Å²) in [5.74, 6) is -1.46. The Bertz CT molecular complexity index is 1020. The second-order valence-corrected chi connectivity index (χ2v) is 9.03. The molecule has 2 amide bonds. The summed E-state index contributed by atoms with van der Waals surface area (Å²) in [5, 5.41) is 12.1. The van der Waals surface area contributed by atoms with Gasteiger partial charge in [0.2, 0.25) is 5.91 Å². The van der Waals surface area contributed by atoms with Gasteiger partial charge in [-0.15, -0.1) is 0 Å². The predicted molar refractivity (Wildman–Crippen MR) is 119 cm³/mol. The van der Waals surface area contributed by atoms with Gasteiger partial charge in [-0.2, -0.15) is 0 Å².